The summed E-state index contributed by atoms with van der Waals surface area (Å²) in [5.41, 5.74) is 2.18. The van der Waals surface area contributed by atoms with Gasteiger partial charge in [0, 0.05) is 43.0 Å². The van der Waals surface area contributed by atoms with Crippen molar-refractivity contribution in [3.05, 3.63) is 88.5 Å². The molecule has 42 heavy (non-hydrogen) atoms. The number of ether oxygens (including phenoxy) is 5. The zero-order valence-corrected chi connectivity index (χ0v) is 23.4. The molecule has 10 nitrogen and oxygen atoms in total. The van der Waals surface area contributed by atoms with Crippen LogP contribution in [-0.2, 0) is 33.3 Å². The maximum Gasteiger partial charge on any atom is 0.303 e. The van der Waals surface area contributed by atoms with Crippen LogP contribution in [0.3, 0.4) is 0 Å². The van der Waals surface area contributed by atoms with E-state index >= 15 is 0 Å². The number of hydrogen-bond donors (Lipinski definition) is 0. The third kappa shape index (κ3) is 5.28. The van der Waals surface area contributed by atoms with Crippen molar-refractivity contribution in [2.75, 3.05) is 13.7 Å². The number of carbonyl (C=O) groups excluding carboxylic acids is 5. The summed E-state index contributed by atoms with van der Waals surface area (Å²) in [6, 6.07) is 16.9. The second-order valence-electron chi connectivity index (χ2n) is 9.93. The molecule has 4 atom stereocenters. The Labute approximate surface area is 241 Å². The van der Waals surface area contributed by atoms with Gasteiger partial charge in [-0.25, -0.2) is 0 Å². The Morgan fingerprint density at radius 1 is 0.690 bits per heavy atom. The Morgan fingerprint density at radius 2 is 1.26 bits per heavy atom. The van der Waals surface area contributed by atoms with Crippen molar-refractivity contribution in [3.63, 3.8) is 0 Å². The number of ketones is 2. The smallest absolute Gasteiger partial charge is 0.303 e. The summed E-state index contributed by atoms with van der Waals surface area (Å²) in [7, 11) is 1.55. The average Bonchev–Trinajstić information content (AvgIpc) is 2.96. The molecule has 2 aliphatic rings. The normalized spacial score (nSPS) is 21.0. The molecule has 10 heteroatoms. The van der Waals surface area contributed by atoms with Gasteiger partial charge in [-0.3, -0.25) is 24.0 Å². The zero-order chi connectivity index (χ0) is 30.1. The van der Waals surface area contributed by atoms with E-state index in [9.17, 15) is 24.0 Å². The van der Waals surface area contributed by atoms with Crippen molar-refractivity contribution in [1.29, 1.82) is 0 Å². The Morgan fingerprint density at radius 3 is 1.83 bits per heavy atom. The van der Waals surface area contributed by atoms with Gasteiger partial charge in [-0.1, -0.05) is 48.5 Å². The Balaban J connectivity index is 1.71. The summed E-state index contributed by atoms with van der Waals surface area (Å²) in [4.78, 5) is 64.3. The molecule has 1 aliphatic carbocycles. The topological polar surface area (TPSA) is 132 Å². The molecule has 0 unspecified atom stereocenters. The van der Waals surface area contributed by atoms with Crippen LogP contribution < -0.4 is 4.74 Å². The van der Waals surface area contributed by atoms with Gasteiger partial charge < -0.3 is 23.7 Å². The Kier molecular flexibility index (Phi) is 7.91. The minimum absolute atomic E-state index is 0.0849. The molecule has 1 heterocycles. The van der Waals surface area contributed by atoms with Crippen molar-refractivity contribution < 1.29 is 47.7 Å². The lowest BCUT2D eigenvalue weighted by molar-refractivity contribution is -0.227. The number of esters is 3. The minimum Gasteiger partial charge on any atom is -0.497 e. The van der Waals surface area contributed by atoms with Crippen molar-refractivity contribution in [1.82, 2.24) is 0 Å². The maximum absolute atomic E-state index is 14.1. The summed E-state index contributed by atoms with van der Waals surface area (Å²) in [5, 5.41) is 0. The first kappa shape index (κ1) is 28.7. The number of fused-ring (bicyclic) bond motifs is 2. The van der Waals surface area contributed by atoms with Crippen LogP contribution in [0.25, 0.3) is 11.1 Å². The highest BCUT2D eigenvalue weighted by Crippen LogP contribution is 2.42. The number of methoxy groups -OCH3 is 1. The van der Waals surface area contributed by atoms with E-state index in [1.54, 1.807) is 67.8 Å². The van der Waals surface area contributed by atoms with Gasteiger partial charge in [-0.2, -0.15) is 0 Å². The number of benzene rings is 3. The first-order valence-corrected chi connectivity index (χ1v) is 13.2. The van der Waals surface area contributed by atoms with E-state index in [0.29, 0.717) is 16.9 Å². The number of carbonyl (C=O) groups is 5. The molecule has 0 amide bonds. The van der Waals surface area contributed by atoms with Crippen molar-refractivity contribution in [2.24, 2.45) is 0 Å². The van der Waals surface area contributed by atoms with Gasteiger partial charge >= 0.3 is 17.9 Å². The predicted octanol–water partition coefficient (Wildman–Crippen LogP) is 4.00. The van der Waals surface area contributed by atoms with Crippen LogP contribution in [0, 0.1) is 0 Å². The quantitative estimate of drug-likeness (QED) is 0.247. The summed E-state index contributed by atoms with van der Waals surface area (Å²) < 4.78 is 27.8. The second-order valence-corrected chi connectivity index (χ2v) is 9.93. The van der Waals surface area contributed by atoms with Crippen LogP contribution in [-0.4, -0.2) is 61.5 Å². The maximum atomic E-state index is 14.1. The first-order valence-electron chi connectivity index (χ1n) is 13.2. The van der Waals surface area contributed by atoms with Gasteiger partial charge in [0.1, 0.15) is 11.9 Å². The lowest BCUT2D eigenvalue weighted by Crippen LogP contribution is -2.54. The third-order valence-corrected chi connectivity index (χ3v) is 7.17. The summed E-state index contributed by atoms with van der Waals surface area (Å²) in [5.74, 6) is -2.23. The van der Waals surface area contributed by atoms with Gasteiger partial charge in [-0.05, 0) is 28.8 Å². The standard InChI is InChI=1S/C32H28O10/c1-16(33)40-25-15-39-30(32(42-18(3)35)31(25)41-17(2)34)24-14-13-21(19-9-11-20(38-4)12-10-19)26-27(24)29(37)23-8-6-5-7-22(23)28(26)36/h5-14,25,30-32H,15H2,1-4H3/t25-,30+,31+,32+/m1/s1. The summed E-state index contributed by atoms with van der Waals surface area (Å²) >= 11 is 0. The highest BCUT2D eigenvalue weighted by atomic mass is 16.6. The largest absolute Gasteiger partial charge is 0.497 e. The molecular formula is C32H28O10. The van der Waals surface area contributed by atoms with Crippen LogP contribution in [0.2, 0.25) is 0 Å². The van der Waals surface area contributed by atoms with E-state index in [2.05, 4.69) is 0 Å². The van der Waals surface area contributed by atoms with Crippen LogP contribution in [0.5, 0.6) is 5.75 Å². The zero-order valence-electron chi connectivity index (χ0n) is 23.4. The molecule has 0 aromatic heterocycles. The van der Waals surface area contributed by atoms with Gasteiger partial charge in [0.25, 0.3) is 0 Å². The van der Waals surface area contributed by atoms with Crippen LogP contribution in [0.1, 0.15) is 64.3 Å². The van der Waals surface area contributed by atoms with Crippen LogP contribution in [0.15, 0.2) is 60.7 Å². The average molecular weight is 573 g/mol. The second kappa shape index (κ2) is 11.6. The fraction of sp³-hybridized carbons (Fsp3) is 0.281. The number of rotatable bonds is 6. The lowest BCUT2D eigenvalue weighted by atomic mass is 9.76. The van der Waals surface area contributed by atoms with Gasteiger partial charge in [0.15, 0.2) is 29.9 Å². The summed E-state index contributed by atoms with van der Waals surface area (Å²) in [6.07, 6.45) is -4.78. The third-order valence-electron chi connectivity index (χ3n) is 7.17. The molecule has 0 saturated carbocycles. The Hall–Kier alpha value is -4.83. The molecule has 5 rings (SSSR count). The highest BCUT2D eigenvalue weighted by molar-refractivity contribution is 6.30. The molecule has 3 aromatic carbocycles. The summed E-state index contributed by atoms with van der Waals surface area (Å²) in [6.45, 7) is 3.30. The van der Waals surface area contributed by atoms with E-state index < -0.39 is 48.1 Å². The van der Waals surface area contributed by atoms with E-state index in [-0.39, 0.29) is 40.2 Å². The fourth-order valence-electron chi connectivity index (χ4n) is 5.50. The molecule has 0 radical (unpaired) electrons. The molecule has 0 spiro atoms. The van der Waals surface area contributed by atoms with E-state index in [1.165, 1.54) is 20.8 Å². The monoisotopic (exact) mass is 572 g/mol. The Bertz CT molecular complexity index is 1590. The van der Waals surface area contributed by atoms with Gasteiger partial charge in [0.05, 0.1) is 13.7 Å². The first-order chi connectivity index (χ1) is 20.1. The molecule has 1 saturated heterocycles. The van der Waals surface area contributed by atoms with Crippen LogP contribution in [0.4, 0.5) is 0 Å². The lowest BCUT2D eigenvalue weighted by Gasteiger charge is -2.41. The van der Waals surface area contributed by atoms with Crippen molar-refractivity contribution >= 4 is 29.5 Å². The van der Waals surface area contributed by atoms with Crippen LogP contribution >= 0.6 is 0 Å². The molecule has 1 aliphatic heterocycles. The SMILES string of the molecule is COc1ccc(-c2ccc([C@@H]3OC[C@@H](OC(C)=O)[C@H](OC(C)=O)[C@H]3OC(C)=O)c3c2C(=O)c2ccccc2C3=O)cc1. The van der Waals surface area contributed by atoms with Gasteiger partial charge in [0.2, 0.25) is 0 Å². The van der Waals surface area contributed by atoms with Crippen molar-refractivity contribution in [3.8, 4) is 16.9 Å². The van der Waals surface area contributed by atoms with E-state index in [1.807, 2.05) is 0 Å². The minimum atomic E-state index is -1.31. The molecule has 216 valence electrons. The van der Waals surface area contributed by atoms with Crippen molar-refractivity contribution in [2.45, 2.75) is 45.2 Å². The van der Waals surface area contributed by atoms with Gasteiger partial charge in [-0.15, -0.1) is 0 Å². The molecular weight excluding hydrogens is 544 g/mol. The fourth-order valence-corrected chi connectivity index (χ4v) is 5.50. The van der Waals surface area contributed by atoms with E-state index in [4.69, 9.17) is 23.7 Å². The van der Waals surface area contributed by atoms with E-state index in [0.717, 1.165) is 0 Å². The molecule has 3 aromatic rings. The number of hydrogen-bond acceptors (Lipinski definition) is 10. The highest BCUT2D eigenvalue weighted by Gasteiger charge is 2.49. The molecule has 1 fully saturated rings. The predicted molar refractivity (Wildman–Crippen MR) is 147 cm³/mol. The molecule has 0 N–H and O–H groups in total. The molecule has 0 bridgehead atoms.